The Labute approximate surface area is 128 Å². The van der Waals surface area contributed by atoms with Crippen molar-refractivity contribution < 1.29 is 9.47 Å². The molecule has 0 amide bonds. The van der Waals surface area contributed by atoms with Crippen LogP contribution in [0.15, 0.2) is 24.3 Å². The Balaban J connectivity index is 1.84. The molecule has 0 bridgehead atoms. The van der Waals surface area contributed by atoms with Crippen molar-refractivity contribution in [2.24, 2.45) is 17.1 Å². The van der Waals surface area contributed by atoms with Gasteiger partial charge in [0.1, 0.15) is 11.5 Å². The van der Waals surface area contributed by atoms with Crippen LogP contribution in [0.5, 0.6) is 11.5 Å². The quantitative estimate of drug-likeness (QED) is 0.825. The smallest absolute Gasteiger partial charge is 0.119 e. The average molecular weight is 291 g/mol. The molecule has 1 aliphatic rings. The van der Waals surface area contributed by atoms with Crippen LogP contribution in [0.25, 0.3) is 0 Å². The third kappa shape index (κ3) is 4.37. The van der Waals surface area contributed by atoms with Crippen molar-refractivity contribution >= 4 is 0 Å². The summed E-state index contributed by atoms with van der Waals surface area (Å²) in [7, 11) is 1.67. The maximum atomic E-state index is 6.10. The van der Waals surface area contributed by atoms with Crippen LogP contribution in [-0.4, -0.2) is 20.3 Å². The summed E-state index contributed by atoms with van der Waals surface area (Å²) >= 11 is 0. The highest BCUT2D eigenvalue weighted by Gasteiger charge is 2.34. The summed E-state index contributed by atoms with van der Waals surface area (Å²) in [5.74, 6) is 2.62. The maximum absolute atomic E-state index is 6.10. The second kappa shape index (κ2) is 7.69. The summed E-state index contributed by atoms with van der Waals surface area (Å²) in [6, 6.07) is 7.79. The van der Waals surface area contributed by atoms with E-state index in [0.29, 0.717) is 5.41 Å². The van der Waals surface area contributed by atoms with E-state index in [0.717, 1.165) is 37.0 Å². The lowest BCUT2D eigenvalue weighted by Gasteiger charge is -2.40. The Kier molecular flexibility index (Phi) is 5.92. The summed E-state index contributed by atoms with van der Waals surface area (Å²) < 4.78 is 11.0. The van der Waals surface area contributed by atoms with Crippen LogP contribution in [0.2, 0.25) is 0 Å². The van der Waals surface area contributed by atoms with E-state index < -0.39 is 0 Å². The molecule has 2 N–H and O–H groups in total. The van der Waals surface area contributed by atoms with Gasteiger partial charge >= 0.3 is 0 Å². The van der Waals surface area contributed by atoms with Crippen LogP contribution in [0.1, 0.15) is 45.4 Å². The highest BCUT2D eigenvalue weighted by Crippen LogP contribution is 2.42. The van der Waals surface area contributed by atoms with E-state index in [4.69, 9.17) is 15.2 Å². The van der Waals surface area contributed by atoms with Crippen molar-refractivity contribution in [2.75, 3.05) is 20.3 Å². The predicted molar refractivity (Wildman–Crippen MR) is 86.8 cm³/mol. The minimum atomic E-state index is 0.297. The van der Waals surface area contributed by atoms with E-state index in [1.54, 1.807) is 7.11 Å². The van der Waals surface area contributed by atoms with Crippen LogP contribution in [0.3, 0.4) is 0 Å². The first-order valence-electron chi connectivity index (χ1n) is 8.18. The highest BCUT2D eigenvalue weighted by molar-refractivity contribution is 5.31. The fourth-order valence-electron chi connectivity index (χ4n) is 3.50. The van der Waals surface area contributed by atoms with Crippen molar-refractivity contribution in [1.29, 1.82) is 0 Å². The fourth-order valence-corrected chi connectivity index (χ4v) is 3.50. The monoisotopic (exact) mass is 291 g/mol. The van der Waals surface area contributed by atoms with E-state index in [9.17, 15) is 0 Å². The molecule has 1 aliphatic carbocycles. The van der Waals surface area contributed by atoms with Gasteiger partial charge in [-0.3, -0.25) is 0 Å². The Morgan fingerprint density at radius 2 is 1.95 bits per heavy atom. The summed E-state index contributed by atoms with van der Waals surface area (Å²) in [6.07, 6.45) is 7.56. The third-order valence-corrected chi connectivity index (χ3v) is 5.01. The number of methoxy groups -OCH3 is 1. The Morgan fingerprint density at radius 3 is 2.57 bits per heavy atom. The van der Waals surface area contributed by atoms with Gasteiger partial charge in [0, 0.05) is 0 Å². The molecule has 0 spiro atoms. The molecule has 3 heteroatoms. The second-order valence-corrected chi connectivity index (χ2v) is 6.35. The van der Waals surface area contributed by atoms with Crippen LogP contribution in [0.4, 0.5) is 0 Å². The predicted octanol–water partition coefficient (Wildman–Crippen LogP) is 4.01. The van der Waals surface area contributed by atoms with Gasteiger partial charge in [0.25, 0.3) is 0 Å². The summed E-state index contributed by atoms with van der Waals surface area (Å²) in [5.41, 5.74) is 6.40. The molecule has 1 aromatic carbocycles. The molecular weight excluding hydrogens is 262 g/mol. The standard InChI is InChI=1S/C18H29NO2/c1-3-15-5-4-10-18(13-15,14-19)11-12-21-17-8-6-16(20-2)7-9-17/h6-9,15H,3-5,10-14,19H2,1-2H3. The molecule has 0 aromatic heterocycles. The molecular formula is C18H29NO2. The molecule has 2 rings (SSSR count). The van der Waals surface area contributed by atoms with Gasteiger partial charge in [0.15, 0.2) is 0 Å². The lowest BCUT2D eigenvalue weighted by Crippen LogP contribution is -2.37. The molecule has 1 aromatic rings. The molecule has 21 heavy (non-hydrogen) atoms. The molecule has 2 atom stereocenters. The number of ether oxygens (including phenoxy) is 2. The van der Waals surface area contributed by atoms with Gasteiger partial charge in [-0.25, -0.2) is 0 Å². The number of benzene rings is 1. The van der Waals surface area contributed by atoms with Crippen LogP contribution in [0, 0.1) is 11.3 Å². The SMILES string of the molecule is CCC1CCCC(CN)(CCOc2ccc(OC)cc2)C1. The van der Waals surface area contributed by atoms with Crippen LogP contribution >= 0.6 is 0 Å². The number of nitrogens with two attached hydrogens (primary N) is 1. The zero-order chi connectivity index (χ0) is 15.1. The van der Waals surface area contributed by atoms with Crippen molar-refractivity contribution in [3.05, 3.63) is 24.3 Å². The minimum absolute atomic E-state index is 0.297. The maximum Gasteiger partial charge on any atom is 0.119 e. The molecule has 2 unspecified atom stereocenters. The lowest BCUT2D eigenvalue weighted by molar-refractivity contribution is 0.108. The molecule has 0 saturated heterocycles. The van der Waals surface area contributed by atoms with E-state index in [2.05, 4.69) is 6.92 Å². The first-order chi connectivity index (χ1) is 10.2. The molecule has 3 nitrogen and oxygen atoms in total. The summed E-state index contributed by atoms with van der Waals surface area (Å²) in [6.45, 7) is 3.83. The third-order valence-electron chi connectivity index (χ3n) is 5.01. The van der Waals surface area contributed by atoms with E-state index in [1.807, 2.05) is 24.3 Å². The summed E-state index contributed by atoms with van der Waals surface area (Å²) in [4.78, 5) is 0. The van der Waals surface area contributed by atoms with Gasteiger partial charge in [-0.2, -0.15) is 0 Å². The molecule has 118 valence electrons. The number of hydrogen-bond acceptors (Lipinski definition) is 3. The Morgan fingerprint density at radius 1 is 1.24 bits per heavy atom. The molecule has 0 heterocycles. The van der Waals surface area contributed by atoms with Gasteiger partial charge in [0.05, 0.1) is 13.7 Å². The molecule has 0 radical (unpaired) electrons. The first kappa shape index (κ1) is 16.2. The zero-order valence-electron chi connectivity index (χ0n) is 13.4. The van der Waals surface area contributed by atoms with Gasteiger partial charge in [-0.05, 0) is 61.4 Å². The van der Waals surface area contributed by atoms with Crippen molar-refractivity contribution in [1.82, 2.24) is 0 Å². The zero-order valence-corrected chi connectivity index (χ0v) is 13.4. The van der Waals surface area contributed by atoms with Crippen molar-refractivity contribution in [2.45, 2.75) is 45.4 Å². The topological polar surface area (TPSA) is 44.5 Å². The largest absolute Gasteiger partial charge is 0.497 e. The van der Waals surface area contributed by atoms with E-state index in [1.165, 1.54) is 32.1 Å². The van der Waals surface area contributed by atoms with Crippen molar-refractivity contribution in [3.63, 3.8) is 0 Å². The average Bonchev–Trinajstić information content (AvgIpc) is 2.55. The summed E-state index contributed by atoms with van der Waals surface area (Å²) in [5, 5.41) is 0. The van der Waals surface area contributed by atoms with E-state index >= 15 is 0 Å². The number of rotatable bonds is 7. The molecule has 0 aliphatic heterocycles. The first-order valence-corrected chi connectivity index (χ1v) is 8.18. The van der Waals surface area contributed by atoms with Gasteiger partial charge in [0.2, 0.25) is 0 Å². The van der Waals surface area contributed by atoms with Crippen LogP contribution in [-0.2, 0) is 0 Å². The molecule has 1 fully saturated rings. The number of hydrogen-bond donors (Lipinski definition) is 1. The van der Waals surface area contributed by atoms with E-state index in [-0.39, 0.29) is 0 Å². The van der Waals surface area contributed by atoms with Gasteiger partial charge in [-0.15, -0.1) is 0 Å². The lowest BCUT2D eigenvalue weighted by atomic mass is 9.67. The highest BCUT2D eigenvalue weighted by atomic mass is 16.5. The normalized spacial score (nSPS) is 25.6. The van der Waals surface area contributed by atoms with Gasteiger partial charge < -0.3 is 15.2 Å². The van der Waals surface area contributed by atoms with Gasteiger partial charge in [-0.1, -0.05) is 26.2 Å². The van der Waals surface area contributed by atoms with Crippen molar-refractivity contribution in [3.8, 4) is 11.5 Å². The second-order valence-electron chi connectivity index (χ2n) is 6.35. The van der Waals surface area contributed by atoms with Crippen LogP contribution < -0.4 is 15.2 Å². The molecule has 1 saturated carbocycles. The Bertz CT molecular complexity index is 418. The minimum Gasteiger partial charge on any atom is -0.497 e. The fraction of sp³-hybridized carbons (Fsp3) is 0.667. The Hall–Kier alpha value is -1.22.